The van der Waals surface area contributed by atoms with E-state index in [1.807, 2.05) is 0 Å². The quantitative estimate of drug-likeness (QED) is 0.815. The van der Waals surface area contributed by atoms with Crippen LogP contribution in [0.1, 0.15) is 27.9 Å². The number of rotatable bonds is 3. The molecule has 1 aliphatic rings. The Labute approximate surface area is 121 Å². The molecule has 1 aliphatic heterocycles. The number of aromatic nitrogens is 1. The molecular weight excluding hydrogens is 278 g/mol. The topological polar surface area (TPSA) is 48.4 Å². The minimum Gasteiger partial charge on any atom is -0.346 e. The van der Waals surface area contributed by atoms with Crippen molar-refractivity contribution in [1.29, 1.82) is 0 Å². The molecule has 1 fully saturated rings. The van der Waals surface area contributed by atoms with Gasteiger partial charge in [0.05, 0.1) is 13.2 Å². The SMILES string of the molecule is O=C(c1ccc(Cl)cc1)c1cc(C2OCCO2)ccn1. The highest BCUT2D eigenvalue weighted by atomic mass is 35.5. The lowest BCUT2D eigenvalue weighted by atomic mass is 10.1. The van der Waals surface area contributed by atoms with Crippen molar-refractivity contribution in [2.24, 2.45) is 0 Å². The van der Waals surface area contributed by atoms with Gasteiger partial charge in [0.2, 0.25) is 5.78 Å². The van der Waals surface area contributed by atoms with Crippen LogP contribution in [0.15, 0.2) is 42.6 Å². The first kappa shape index (κ1) is 13.2. The highest BCUT2D eigenvalue weighted by Crippen LogP contribution is 2.23. The monoisotopic (exact) mass is 289 g/mol. The fraction of sp³-hybridized carbons (Fsp3) is 0.200. The van der Waals surface area contributed by atoms with E-state index in [-0.39, 0.29) is 5.78 Å². The molecule has 0 bridgehead atoms. The van der Waals surface area contributed by atoms with E-state index in [4.69, 9.17) is 21.1 Å². The molecule has 0 saturated carbocycles. The maximum atomic E-state index is 12.3. The van der Waals surface area contributed by atoms with E-state index < -0.39 is 6.29 Å². The second kappa shape index (κ2) is 5.71. The van der Waals surface area contributed by atoms with Gasteiger partial charge in [0.1, 0.15) is 5.69 Å². The van der Waals surface area contributed by atoms with Crippen LogP contribution in [-0.4, -0.2) is 24.0 Å². The molecule has 0 aliphatic carbocycles. The third-order valence-corrected chi connectivity index (χ3v) is 3.27. The molecule has 1 aromatic carbocycles. The van der Waals surface area contributed by atoms with Crippen LogP contribution in [0.3, 0.4) is 0 Å². The molecule has 3 rings (SSSR count). The van der Waals surface area contributed by atoms with Crippen molar-refractivity contribution in [2.45, 2.75) is 6.29 Å². The van der Waals surface area contributed by atoms with Crippen LogP contribution in [0.4, 0.5) is 0 Å². The first-order chi connectivity index (χ1) is 9.74. The van der Waals surface area contributed by atoms with Gasteiger partial charge in [0, 0.05) is 22.3 Å². The summed E-state index contributed by atoms with van der Waals surface area (Å²) in [5, 5.41) is 0.594. The van der Waals surface area contributed by atoms with E-state index in [9.17, 15) is 4.79 Å². The maximum Gasteiger partial charge on any atom is 0.211 e. The van der Waals surface area contributed by atoms with Crippen LogP contribution >= 0.6 is 11.6 Å². The standard InChI is InChI=1S/C15H12ClNO3/c16-12-3-1-10(2-4-12)14(18)13-9-11(5-6-17-13)15-19-7-8-20-15/h1-6,9,15H,7-8H2. The second-order valence-electron chi connectivity index (χ2n) is 4.38. The Morgan fingerprint density at radius 3 is 2.55 bits per heavy atom. The summed E-state index contributed by atoms with van der Waals surface area (Å²) in [4.78, 5) is 16.5. The van der Waals surface area contributed by atoms with Crippen molar-refractivity contribution < 1.29 is 14.3 Å². The molecule has 102 valence electrons. The van der Waals surface area contributed by atoms with Gasteiger partial charge >= 0.3 is 0 Å². The number of benzene rings is 1. The summed E-state index contributed by atoms with van der Waals surface area (Å²) in [6, 6.07) is 10.2. The lowest BCUT2D eigenvalue weighted by Gasteiger charge is -2.10. The highest BCUT2D eigenvalue weighted by Gasteiger charge is 2.20. The summed E-state index contributed by atoms with van der Waals surface area (Å²) in [6.45, 7) is 1.13. The van der Waals surface area contributed by atoms with Crippen molar-refractivity contribution in [3.05, 3.63) is 64.4 Å². The number of ketones is 1. The largest absolute Gasteiger partial charge is 0.346 e. The highest BCUT2D eigenvalue weighted by molar-refractivity contribution is 6.30. The maximum absolute atomic E-state index is 12.3. The number of nitrogens with zero attached hydrogens (tertiary/aromatic N) is 1. The summed E-state index contributed by atoms with van der Waals surface area (Å²) in [5.41, 5.74) is 1.71. The Bertz CT molecular complexity index is 621. The first-order valence-electron chi connectivity index (χ1n) is 6.23. The van der Waals surface area contributed by atoms with Gasteiger partial charge in [-0.2, -0.15) is 0 Å². The third-order valence-electron chi connectivity index (χ3n) is 3.02. The van der Waals surface area contributed by atoms with Gasteiger partial charge in [-0.1, -0.05) is 11.6 Å². The molecule has 4 nitrogen and oxygen atoms in total. The predicted molar refractivity (Wildman–Crippen MR) is 73.8 cm³/mol. The number of hydrogen-bond acceptors (Lipinski definition) is 4. The van der Waals surface area contributed by atoms with Crippen LogP contribution in [-0.2, 0) is 9.47 Å². The van der Waals surface area contributed by atoms with Gasteiger partial charge < -0.3 is 9.47 Å². The lowest BCUT2D eigenvalue weighted by molar-refractivity contribution is -0.0441. The molecule has 0 unspecified atom stereocenters. The van der Waals surface area contributed by atoms with Crippen LogP contribution in [0.5, 0.6) is 0 Å². The molecule has 2 aromatic rings. The fourth-order valence-electron chi connectivity index (χ4n) is 2.02. The number of ether oxygens (including phenoxy) is 2. The third kappa shape index (κ3) is 2.72. The Morgan fingerprint density at radius 2 is 1.85 bits per heavy atom. The summed E-state index contributed by atoms with van der Waals surface area (Å²) in [6.07, 6.45) is 1.18. The molecule has 1 aromatic heterocycles. The fourth-order valence-corrected chi connectivity index (χ4v) is 2.14. The van der Waals surface area contributed by atoms with Crippen molar-refractivity contribution in [1.82, 2.24) is 4.98 Å². The molecule has 0 spiro atoms. The predicted octanol–water partition coefficient (Wildman–Crippen LogP) is 3.01. The molecule has 2 heterocycles. The zero-order valence-electron chi connectivity index (χ0n) is 10.6. The van der Waals surface area contributed by atoms with E-state index in [1.165, 1.54) is 0 Å². The number of pyridine rings is 1. The van der Waals surface area contributed by atoms with Gasteiger partial charge in [-0.05, 0) is 36.4 Å². The molecular formula is C15H12ClNO3. The van der Waals surface area contributed by atoms with Gasteiger partial charge in [-0.3, -0.25) is 9.78 Å². The van der Waals surface area contributed by atoms with Crippen molar-refractivity contribution in [2.75, 3.05) is 13.2 Å². The second-order valence-corrected chi connectivity index (χ2v) is 4.82. The number of halogens is 1. The Hall–Kier alpha value is -1.75. The lowest BCUT2D eigenvalue weighted by Crippen LogP contribution is -2.06. The molecule has 5 heteroatoms. The van der Waals surface area contributed by atoms with Crippen LogP contribution in [0, 0.1) is 0 Å². The minimum absolute atomic E-state index is 0.151. The van der Waals surface area contributed by atoms with E-state index in [1.54, 1.807) is 42.6 Å². The van der Waals surface area contributed by atoms with E-state index in [2.05, 4.69) is 4.98 Å². The average molecular weight is 290 g/mol. The van der Waals surface area contributed by atoms with Crippen molar-refractivity contribution in [3.63, 3.8) is 0 Å². The number of carbonyl (C=O) groups excluding carboxylic acids is 1. The molecule has 0 atom stereocenters. The molecule has 0 amide bonds. The zero-order chi connectivity index (χ0) is 13.9. The number of hydrogen-bond donors (Lipinski definition) is 0. The normalized spacial score (nSPS) is 15.4. The summed E-state index contributed by atoms with van der Waals surface area (Å²) in [5.74, 6) is -0.151. The van der Waals surface area contributed by atoms with Gasteiger partial charge in [-0.25, -0.2) is 0 Å². The average Bonchev–Trinajstić information content (AvgIpc) is 3.02. The summed E-state index contributed by atoms with van der Waals surface area (Å²) >= 11 is 5.81. The van der Waals surface area contributed by atoms with E-state index >= 15 is 0 Å². The Balaban J connectivity index is 1.87. The summed E-state index contributed by atoms with van der Waals surface area (Å²) < 4.78 is 10.8. The minimum atomic E-state index is -0.408. The smallest absolute Gasteiger partial charge is 0.211 e. The first-order valence-corrected chi connectivity index (χ1v) is 6.61. The van der Waals surface area contributed by atoms with Crippen LogP contribution in [0.2, 0.25) is 5.02 Å². The zero-order valence-corrected chi connectivity index (χ0v) is 11.3. The van der Waals surface area contributed by atoms with E-state index in [0.717, 1.165) is 5.56 Å². The molecule has 1 saturated heterocycles. The molecule has 0 radical (unpaired) electrons. The molecule has 0 N–H and O–H groups in total. The van der Waals surface area contributed by atoms with Gasteiger partial charge in [-0.15, -0.1) is 0 Å². The van der Waals surface area contributed by atoms with Gasteiger partial charge in [0.15, 0.2) is 6.29 Å². The molecule has 20 heavy (non-hydrogen) atoms. The van der Waals surface area contributed by atoms with Gasteiger partial charge in [0.25, 0.3) is 0 Å². The van der Waals surface area contributed by atoms with E-state index in [0.29, 0.717) is 29.5 Å². The van der Waals surface area contributed by atoms with Crippen molar-refractivity contribution in [3.8, 4) is 0 Å². The Morgan fingerprint density at radius 1 is 1.15 bits per heavy atom. The van der Waals surface area contributed by atoms with Crippen LogP contribution < -0.4 is 0 Å². The summed E-state index contributed by atoms with van der Waals surface area (Å²) in [7, 11) is 0. The Kier molecular flexibility index (Phi) is 3.78. The van der Waals surface area contributed by atoms with Crippen LogP contribution in [0.25, 0.3) is 0 Å². The van der Waals surface area contributed by atoms with Crippen molar-refractivity contribution >= 4 is 17.4 Å². The number of carbonyl (C=O) groups is 1.